The van der Waals surface area contributed by atoms with Gasteiger partial charge in [0.2, 0.25) is 0 Å². The van der Waals surface area contributed by atoms with Gasteiger partial charge in [0, 0.05) is 15.1 Å². The van der Waals surface area contributed by atoms with Crippen LogP contribution in [0.15, 0.2) is 45.5 Å². The van der Waals surface area contributed by atoms with Crippen LogP contribution in [-0.2, 0) is 6.42 Å². The first-order chi connectivity index (χ1) is 9.11. The normalized spacial score (nSPS) is 12.4. The van der Waals surface area contributed by atoms with Crippen LogP contribution in [0.25, 0.3) is 0 Å². The van der Waals surface area contributed by atoms with Gasteiger partial charge in [0.15, 0.2) is 0 Å². The quantitative estimate of drug-likeness (QED) is 0.622. The number of halogens is 3. The summed E-state index contributed by atoms with van der Waals surface area (Å²) in [6, 6.07) is 8.42. The average Bonchev–Trinajstić information content (AvgIpc) is 2.39. The molecular formula is C13H12Br2FN3. The fraction of sp³-hybridized carbons (Fsp3) is 0.154. The van der Waals surface area contributed by atoms with Crippen LogP contribution in [-0.4, -0.2) is 4.98 Å². The van der Waals surface area contributed by atoms with Gasteiger partial charge in [-0.3, -0.25) is 16.3 Å². The molecule has 0 amide bonds. The predicted molar refractivity (Wildman–Crippen MR) is 79.8 cm³/mol. The van der Waals surface area contributed by atoms with E-state index in [2.05, 4.69) is 42.3 Å². The molecule has 0 saturated heterocycles. The summed E-state index contributed by atoms with van der Waals surface area (Å²) in [5.41, 5.74) is 4.02. The Bertz CT molecular complexity index is 578. The molecule has 0 bridgehead atoms. The summed E-state index contributed by atoms with van der Waals surface area (Å²) in [7, 11) is 0. The minimum absolute atomic E-state index is 0.258. The molecule has 100 valence electrons. The Morgan fingerprint density at radius 1 is 1.32 bits per heavy atom. The SMILES string of the molecule is NNC(Cc1ccc(Br)cc1F)c1ncccc1Br. The van der Waals surface area contributed by atoms with Gasteiger partial charge in [0.25, 0.3) is 0 Å². The lowest BCUT2D eigenvalue weighted by Gasteiger charge is -2.17. The number of rotatable bonds is 4. The van der Waals surface area contributed by atoms with E-state index in [1.807, 2.05) is 12.1 Å². The highest BCUT2D eigenvalue weighted by Crippen LogP contribution is 2.25. The second kappa shape index (κ2) is 6.56. The minimum Gasteiger partial charge on any atom is -0.271 e. The summed E-state index contributed by atoms with van der Waals surface area (Å²) < 4.78 is 15.4. The van der Waals surface area contributed by atoms with Crippen molar-refractivity contribution in [3.8, 4) is 0 Å². The Labute approximate surface area is 127 Å². The predicted octanol–water partition coefficient (Wildman–Crippen LogP) is 3.49. The van der Waals surface area contributed by atoms with Crippen molar-refractivity contribution in [2.45, 2.75) is 12.5 Å². The molecule has 0 aliphatic carbocycles. The van der Waals surface area contributed by atoms with Gasteiger partial charge in [0.05, 0.1) is 11.7 Å². The Morgan fingerprint density at radius 2 is 2.11 bits per heavy atom. The number of nitrogens with one attached hydrogen (secondary N) is 1. The highest BCUT2D eigenvalue weighted by atomic mass is 79.9. The van der Waals surface area contributed by atoms with Gasteiger partial charge in [-0.2, -0.15) is 0 Å². The van der Waals surface area contributed by atoms with E-state index in [4.69, 9.17) is 5.84 Å². The number of hydrogen-bond acceptors (Lipinski definition) is 3. The number of aromatic nitrogens is 1. The Morgan fingerprint density at radius 3 is 2.74 bits per heavy atom. The van der Waals surface area contributed by atoms with Crippen LogP contribution in [0.2, 0.25) is 0 Å². The van der Waals surface area contributed by atoms with Crippen LogP contribution < -0.4 is 11.3 Å². The van der Waals surface area contributed by atoms with E-state index in [-0.39, 0.29) is 11.9 Å². The van der Waals surface area contributed by atoms with E-state index in [1.165, 1.54) is 6.07 Å². The molecule has 1 atom stereocenters. The van der Waals surface area contributed by atoms with Crippen molar-refractivity contribution in [3.63, 3.8) is 0 Å². The zero-order valence-electron chi connectivity index (χ0n) is 9.91. The van der Waals surface area contributed by atoms with E-state index < -0.39 is 0 Å². The molecule has 3 N–H and O–H groups in total. The van der Waals surface area contributed by atoms with Gasteiger partial charge in [-0.15, -0.1) is 0 Å². The smallest absolute Gasteiger partial charge is 0.127 e. The second-order valence-electron chi connectivity index (χ2n) is 4.03. The van der Waals surface area contributed by atoms with Crippen LogP contribution in [0.4, 0.5) is 4.39 Å². The molecule has 1 heterocycles. The molecule has 0 fully saturated rings. The molecule has 19 heavy (non-hydrogen) atoms. The zero-order valence-corrected chi connectivity index (χ0v) is 13.1. The second-order valence-corrected chi connectivity index (χ2v) is 5.80. The lowest BCUT2D eigenvalue weighted by molar-refractivity contribution is 0.517. The Kier molecular flexibility index (Phi) is 5.04. The molecule has 0 aliphatic heterocycles. The maximum absolute atomic E-state index is 13.8. The molecule has 0 saturated carbocycles. The monoisotopic (exact) mass is 387 g/mol. The molecule has 0 radical (unpaired) electrons. The van der Waals surface area contributed by atoms with Crippen LogP contribution in [0, 0.1) is 5.82 Å². The Hall–Kier alpha value is -0.820. The van der Waals surface area contributed by atoms with Crippen molar-refractivity contribution in [1.29, 1.82) is 0 Å². The van der Waals surface area contributed by atoms with Crippen molar-refractivity contribution in [2.75, 3.05) is 0 Å². The Balaban J connectivity index is 2.27. The molecule has 1 aromatic heterocycles. The maximum atomic E-state index is 13.8. The first kappa shape index (κ1) is 14.6. The largest absolute Gasteiger partial charge is 0.271 e. The zero-order chi connectivity index (χ0) is 13.8. The van der Waals surface area contributed by atoms with Gasteiger partial charge >= 0.3 is 0 Å². The molecule has 0 spiro atoms. The van der Waals surface area contributed by atoms with E-state index in [0.29, 0.717) is 16.5 Å². The lowest BCUT2D eigenvalue weighted by Crippen LogP contribution is -2.30. The summed E-state index contributed by atoms with van der Waals surface area (Å²) in [5.74, 6) is 5.30. The lowest BCUT2D eigenvalue weighted by atomic mass is 10.0. The van der Waals surface area contributed by atoms with E-state index >= 15 is 0 Å². The number of nitrogens with zero attached hydrogens (tertiary/aromatic N) is 1. The van der Waals surface area contributed by atoms with Gasteiger partial charge in [-0.25, -0.2) is 4.39 Å². The third kappa shape index (κ3) is 3.60. The van der Waals surface area contributed by atoms with Crippen molar-refractivity contribution >= 4 is 31.9 Å². The third-order valence-electron chi connectivity index (χ3n) is 2.76. The summed E-state index contributed by atoms with van der Waals surface area (Å²) in [6.07, 6.45) is 2.10. The number of benzene rings is 1. The van der Waals surface area contributed by atoms with Crippen LogP contribution >= 0.6 is 31.9 Å². The number of hydrogen-bond donors (Lipinski definition) is 2. The molecule has 6 heteroatoms. The minimum atomic E-state index is -0.262. The summed E-state index contributed by atoms with van der Waals surface area (Å²) >= 11 is 6.66. The average molecular weight is 389 g/mol. The highest BCUT2D eigenvalue weighted by molar-refractivity contribution is 9.10. The molecule has 1 aromatic carbocycles. The van der Waals surface area contributed by atoms with E-state index in [9.17, 15) is 4.39 Å². The van der Waals surface area contributed by atoms with Gasteiger partial charge < -0.3 is 0 Å². The fourth-order valence-corrected chi connectivity index (χ4v) is 2.66. The van der Waals surface area contributed by atoms with Crippen molar-refractivity contribution < 1.29 is 4.39 Å². The number of pyridine rings is 1. The van der Waals surface area contributed by atoms with Gasteiger partial charge in [0.1, 0.15) is 5.82 Å². The number of hydrazine groups is 1. The van der Waals surface area contributed by atoms with Gasteiger partial charge in [-0.1, -0.05) is 22.0 Å². The summed E-state index contributed by atoms with van der Waals surface area (Å²) in [6.45, 7) is 0. The molecule has 2 rings (SSSR count). The molecule has 0 aliphatic rings. The van der Waals surface area contributed by atoms with Crippen molar-refractivity contribution in [3.05, 3.63) is 62.5 Å². The van der Waals surface area contributed by atoms with Crippen LogP contribution in [0.3, 0.4) is 0 Å². The standard InChI is InChI=1S/C13H12Br2FN3/c14-9-4-3-8(11(16)7-9)6-12(19-17)13-10(15)2-1-5-18-13/h1-5,7,12,19H,6,17H2. The molecule has 1 unspecified atom stereocenters. The van der Waals surface area contributed by atoms with E-state index in [1.54, 1.807) is 18.3 Å². The summed E-state index contributed by atoms with van der Waals surface area (Å²) in [5, 5.41) is 0. The molecule has 2 aromatic rings. The molecular weight excluding hydrogens is 377 g/mol. The maximum Gasteiger partial charge on any atom is 0.127 e. The summed E-state index contributed by atoms with van der Waals surface area (Å²) in [4.78, 5) is 4.27. The first-order valence-corrected chi connectivity index (χ1v) is 7.21. The highest BCUT2D eigenvalue weighted by Gasteiger charge is 2.17. The third-order valence-corrected chi connectivity index (χ3v) is 3.92. The first-order valence-electron chi connectivity index (χ1n) is 5.62. The van der Waals surface area contributed by atoms with Crippen LogP contribution in [0.5, 0.6) is 0 Å². The fourth-order valence-electron chi connectivity index (χ4n) is 1.80. The van der Waals surface area contributed by atoms with E-state index in [0.717, 1.165) is 10.2 Å². The topological polar surface area (TPSA) is 50.9 Å². The van der Waals surface area contributed by atoms with Crippen molar-refractivity contribution in [1.82, 2.24) is 10.4 Å². The van der Waals surface area contributed by atoms with Crippen LogP contribution in [0.1, 0.15) is 17.3 Å². The van der Waals surface area contributed by atoms with Crippen molar-refractivity contribution in [2.24, 2.45) is 5.84 Å². The van der Waals surface area contributed by atoms with Gasteiger partial charge in [-0.05, 0) is 52.2 Å². The number of nitrogens with two attached hydrogens (primary N) is 1. The molecule has 3 nitrogen and oxygen atoms in total.